The number of nitrogens with zero attached hydrogens (tertiary/aromatic N) is 1. The maximum Gasteiger partial charge on any atom is 0.259 e. The predicted molar refractivity (Wildman–Crippen MR) is 122 cm³/mol. The van der Waals surface area contributed by atoms with Crippen LogP contribution >= 0.6 is 23.2 Å². The molecule has 2 N–H and O–H groups in total. The maximum absolute atomic E-state index is 12.0. The summed E-state index contributed by atoms with van der Waals surface area (Å²) in [6.45, 7) is 0.0996. The summed E-state index contributed by atoms with van der Waals surface area (Å²) in [7, 11) is 0. The molecule has 30 heavy (non-hydrogen) atoms. The van der Waals surface area contributed by atoms with Gasteiger partial charge in [-0.25, -0.2) is 5.43 Å². The fourth-order valence-electron chi connectivity index (χ4n) is 2.92. The van der Waals surface area contributed by atoms with Crippen LogP contribution < -0.4 is 10.7 Å². The first kappa shape index (κ1) is 20.0. The van der Waals surface area contributed by atoms with E-state index >= 15 is 0 Å². The number of fused-ring (bicyclic) bond motifs is 1. The van der Waals surface area contributed by atoms with Crippen molar-refractivity contribution >= 4 is 51.8 Å². The zero-order valence-electron chi connectivity index (χ0n) is 15.7. The number of hydrazone groups is 1. The number of carbonyl (C=O) groups is 1. The molecule has 0 aliphatic rings. The molecule has 0 aliphatic carbocycles. The van der Waals surface area contributed by atoms with Gasteiger partial charge in [0.1, 0.15) is 11.5 Å². The minimum Gasteiger partial charge on any atom is -0.455 e. The lowest BCUT2D eigenvalue weighted by Gasteiger charge is -2.06. The van der Waals surface area contributed by atoms with Crippen LogP contribution in [0.15, 0.2) is 82.3 Å². The van der Waals surface area contributed by atoms with Crippen LogP contribution in [0.3, 0.4) is 0 Å². The van der Waals surface area contributed by atoms with E-state index in [-0.39, 0.29) is 12.5 Å². The topological polar surface area (TPSA) is 66.6 Å². The van der Waals surface area contributed by atoms with Gasteiger partial charge in [0.15, 0.2) is 0 Å². The standard InChI is InChI=1S/C23H17Cl2N3O2/c24-20-9-6-17(12-21(20)25)22-10-8-19(30-22)13-27-28-23(29)14-26-18-7-5-15-3-1-2-4-16(15)11-18/h1-13,26H,14H2,(H,28,29)/b27-13+. The zero-order chi connectivity index (χ0) is 20.9. The van der Waals surface area contributed by atoms with Crippen LogP contribution in [-0.2, 0) is 4.79 Å². The third-order valence-corrected chi connectivity index (χ3v) is 5.15. The summed E-state index contributed by atoms with van der Waals surface area (Å²) in [6, 6.07) is 22.8. The highest BCUT2D eigenvalue weighted by molar-refractivity contribution is 6.42. The number of nitrogens with one attached hydrogen (secondary N) is 2. The molecule has 0 bridgehead atoms. The second-order valence-electron chi connectivity index (χ2n) is 6.54. The van der Waals surface area contributed by atoms with Gasteiger partial charge in [0.05, 0.1) is 22.8 Å². The first-order chi connectivity index (χ1) is 14.6. The van der Waals surface area contributed by atoms with E-state index in [1.165, 1.54) is 6.21 Å². The van der Waals surface area contributed by atoms with Gasteiger partial charge in [-0.3, -0.25) is 4.79 Å². The Morgan fingerprint density at radius 3 is 2.60 bits per heavy atom. The van der Waals surface area contributed by atoms with Gasteiger partial charge in [-0.2, -0.15) is 5.10 Å². The zero-order valence-corrected chi connectivity index (χ0v) is 17.2. The lowest BCUT2D eigenvalue weighted by atomic mass is 10.1. The van der Waals surface area contributed by atoms with Gasteiger partial charge >= 0.3 is 0 Å². The van der Waals surface area contributed by atoms with Crippen molar-refractivity contribution in [2.75, 3.05) is 11.9 Å². The summed E-state index contributed by atoms with van der Waals surface area (Å²) in [4.78, 5) is 12.0. The Bertz CT molecular complexity index is 1230. The monoisotopic (exact) mass is 437 g/mol. The molecule has 0 spiro atoms. The average Bonchev–Trinajstić information content (AvgIpc) is 3.23. The van der Waals surface area contributed by atoms with Crippen molar-refractivity contribution < 1.29 is 9.21 Å². The van der Waals surface area contributed by atoms with Crippen molar-refractivity contribution in [2.24, 2.45) is 5.10 Å². The molecule has 0 unspecified atom stereocenters. The van der Waals surface area contributed by atoms with Crippen molar-refractivity contribution in [3.8, 4) is 11.3 Å². The molecular formula is C23H17Cl2N3O2. The fraction of sp³-hybridized carbons (Fsp3) is 0.0435. The normalized spacial score (nSPS) is 11.1. The van der Waals surface area contributed by atoms with Crippen molar-refractivity contribution in [3.05, 3.63) is 88.6 Å². The van der Waals surface area contributed by atoms with Gasteiger partial charge in [-0.05, 0) is 53.2 Å². The highest BCUT2D eigenvalue weighted by Crippen LogP contribution is 2.29. The van der Waals surface area contributed by atoms with Gasteiger partial charge in [0.25, 0.3) is 5.91 Å². The second-order valence-corrected chi connectivity index (χ2v) is 7.35. The van der Waals surface area contributed by atoms with E-state index in [0.29, 0.717) is 21.6 Å². The van der Waals surface area contributed by atoms with Crippen molar-refractivity contribution in [2.45, 2.75) is 0 Å². The number of halogens is 2. The molecule has 5 nitrogen and oxygen atoms in total. The number of amides is 1. The molecule has 0 atom stereocenters. The summed E-state index contributed by atoms with van der Waals surface area (Å²) in [6.07, 6.45) is 1.44. The molecule has 4 rings (SSSR count). The molecule has 0 aliphatic heterocycles. The van der Waals surface area contributed by atoms with Crippen LogP contribution in [0.5, 0.6) is 0 Å². The number of benzene rings is 3. The summed E-state index contributed by atoms with van der Waals surface area (Å²) in [5, 5.41) is 10.2. The van der Waals surface area contributed by atoms with Crippen molar-refractivity contribution in [1.29, 1.82) is 0 Å². The Morgan fingerprint density at radius 2 is 1.77 bits per heavy atom. The van der Waals surface area contributed by atoms with Gasteiger partial charge in [-0.15, -0.1) is 0 Å². The van der Waals surface area contributed by atoms with Gasteiger partial charge in [-0.1, -0.05) is 53.5 Å². The number of hydrogen-bond donors (Lipinski definition) is 2. The maximum atomic E-state index is 12.0. The van der Waals surface area contributed by atoms with Crippen LogP contribution in [0.1, 0.15) is 5.76 Å². The molecule has 150 valence electrons. The van der Waals surface area contributed by atoms with E-state index in [2.05, 4.69) is 15.8 Å². The third kappa shape index (κ3) is 4.82. The number of anilines is 1. The number of rotatable bonds is 6. The largest absolute Gasteiger partial charge is 0.455 e. The van der Waals surface area contributed by atoms with E-state index in [1.807, 2.05) is 48.5 Å². The fourth-order valence-corrected chi connectivity index (χ4v) is 3.21. The van der Waals surface area contributed by atoms with E-state index < -0.39 is 0 Å². The molecular weight excluding hydrogens is 421 g/mol. The Balaban J connectivity index is 1.31. The molecule has 0 saturated carbocycles. The molecule has 1 amide bonds. The molecule has 0 saturated heterocycles. The summed E-state index contributed by atoms with van der Waals surface area (Å²) in [5.74, 6) is 0.855. The predicted octanol–water partition coefficient (Wildman–Crippen LogP) is 5.97. The first-order valence-corrected chi connectivity index (χ1v) is 9.94. The summed E-state index contributed by atoms with van der Waals surface area (Å²) < 4.78 is 5.70. The van der Waals surface area contributed by atoms with Crippen LogP contribution in [0.25, 0.3) is 22.1 Å². The number of furan rings is 1. The molecule has 3 aromatic carbocycles. The average molecular weight is 438 g/mol. The SMILES string of the molecule is O=C(CNc1ccc2ccccc2c1)N/N=C/c1ccc(-c2ccc(Cl)c(Cl)c2)o1. The molecule has 1 heterocycles. The van der Waals surface area contributed by atoms with Crippen LogP contribution in [0.2, 0.25) is 10.0 Å². The van der Waals surface area contributed by atoms with E-state index in [0.717, 1.165) is 22.0 Å². The second kappa shape index (κ2) is 9.03. The van der Waals surface area contributed by atoms with E-state index in [4.69, 9.17) is 27.6 Å². The van der Waals surface area contributed by atoms with E-state index in [9.17, 15) is 4.79 Å². The highest BCUT2D eigenvalue weighted by atomic mass is 35.5. The lowest BCUT2D eigenvalue weighted by molar-refractivity contribution is -0.119. The molecule has 1 aromatic heterocycles. The lowest BCUT2D eigenvalue weighted by Crippen LogP contribution is -2.25. The quantitative estimate of drug-likeness (QED) is 0.288. The Labute approximate surface area is 183 Å². The van der Waals surface area contributed by atoms with Gasteiger partial charge < -0.3 is 9.73 Å². The van der Waals surface area contributed by atoms with Gasteiger partial charge in [0.2, 0.25) is 0 Å². The van der Waals surface area contributed by atoms with Crippen molar-refractivity contribution in [3.63, 3.8) is 0 Å². The van der Waals surface area contributed by atoms with Crippen LogP contribution in [-0.4, -0.2) is 18.7 Å². The minimum absolute atomic E-state index is 0.0996. The third-order valence-electron chi connectivity index (χ3n) is 4.41. The number of hydrogen-bond acceptors (Lipinski definition) is 4. The minimum atomic E-state index is -0.268. The smallest absolute Gasteiger partial charge is 0.259 e. The number of carbonyl (C=O) groups excluding carboxylic acids is 1. The van der Waals surface area contributed by atoms with Gasteiger partial charge in [0, 0.05) is 11.3 Å². The Hall–Kier alpha value is -3.28. The summed E-state index contributed by atoms with van der Waals surface area (Å²) >= 11 is 12.0. The van der Waals surface area contributed by atoms with Crippen LogP contribution in [0.4, 0.5) is 5.69 Å². The molecule has 0 radical (unpaired) electrons. The molecule has 4 aromatic rings. The van der Waals surface area contributed by atoms with E-state index in [1.54, 1.807) is 24.3 Å². The Morgan fingerprint density at radius 1 is 0.933 bits per heavy atom. The molecule has 0 fully saturated rings. The molecule has 7 heteroatoms. The Kier molecular flexibility index (Phi) is 6.02. The first-order valence-electron chi connectivity index (χ1n) is 9.18. The highest BCUT2D eigenvalue weighted by Gasteiger charge is 2.06. The van der Waals surface area contributed by atoms with Crippen LogP contribution in [0, 0.1) is 0 Å². The van der Waals surface area contributed by atoms with Crippen molar-refractivity contribution in [1.82, 2.24) is 5.43 Å². The summed E-state index contributed by atoms with van der Waals surface area (Å²) in [5.41, 5.74) is 4.14.